The Kier molecular flexibility index (Phi) is 5.66. The Balaban J connectivity index is 2.02. The Morgan fingerprint density at radius 1 is 1.35 bits per heavy atom. The van der Waals surface area contributed by atoms with Crippen LogP contribution < -0.4 is 14.9 Å². The zero-order valence-electron chi connectivity index (χ0n) is 12.4. The lowest BCUT2D eigenvalue weighted by Gasteiger charge is -2.08. The summed E-state index contributed by atoms with van der Waals surface area (Å²) >= 11 is 0. The molecule has 0 radical (unpaired) electrons. The summed E-state index contributed by atoms with van der Waals surface area (Å²) in [5, 5.41) is 12.4. The third-order valence-electron chi connectivity index (χ3n) is 2.80. The maximum atomic E-state index is 11.8. The first-order chi connectivity index (χ1) is 11.2. The average Bonchev–Trinajstić information content (AvgIpc) is 2.61. The lowest BCUT2D eigenvalue weighted by atomic mass is 10.2. The molecule has 1 heterocycles. The predicted molar refractivity (Wildman–Crippen MR) is 83.4 cm³/mol. The normalized spacial score (nSPS) is 10.1. The number of pyridine rings is 1. The quantitative estimate of drug-likeness (QED) is 0.647. The lowest BCUT2D eigenvalue weighted by Crippen LogP contribution is -2.17. The van der Waals surface area contributed by atoms with Gasteiger partial charge in [-0.15, -0.1) is 0 Å². The van der Waals surface area contributed by atoms with Gasteiger partial charge < -0.3 is 9.47 Å². The van der Waals surface area contributed by atoms with E-state index in [1.165, 1.54) is 25.7 Å². The van der Waals surface area contributed by atoms with Crippen molar-refractivity contribution < 1.29 is 14.3 Å². The molecule has 0 aliphatic carbocycles. The molecule has 23 heavy (non-hydrogen) atoms. The molecule has 0 fully saturated rings. The van der Waals surface area contributed by atoms with E-state index in [9.17, 15) is 4.79 Å². The predicted octanol–water partition coefficient (Wildman–Crippen LogP) is 1.76. The number of aromatic nitrogens is 1. The number of hydrogen-bond acceptors (Lipinski definition) is 6. The first kappa shape index (κ1) is 16.0. The van der Waals surface area contributed by atoms with E-state index in [2.05, 4.69) is 15.5 Å². The molecule has 1 amide bonds. The average molecular weight is 310 g/mol. The minimum absolute atomic E-state index is 0.0637. The van der Waals surface area contributed by atoms with Crippen LogP contribution in [-0.4, -0.2) is 30.8 Å². The van der Waals surface area contributed by atoms with Crippen LogP contribution in [0.15, 0.2) is 47.8 Å². The Hall–Kier alpha value is -3.40. The van der Waals surface area contributed by atoms with Crippen LogP contribution in [0.4, 0.5) is 0 Å². The summed E-state index contributed by atoms with van der Waals surface area (Å²) in [6.07, 6.45) is 4.54. The van der Waals surface area contributed by atoms with Gasteiger partial charge in [0.2, 0.25) is 0 Å². The summed E-state index contributed by atoms with van der Waals surface area (Å²) in [4.78, 5) is 15.6. The highest BCUT2D eigenvalue weighted by molar-refractivity contribution is 5.94. The van der Waals surface area contributed by atoms with Crippen molar-refractivity contribution in [2.75, 3.05) is 13.7 Å². The highest BCUT2D eigenvalue weighted by atomic mass is 16.5. The van der Waals surface area contributed by atoms with Crippen LogP contribution in [-0.2, 0) is 0 Å². The topological polar surface area (TPSA) is 96.6 Å². The summed E-state index contributed by atoms with van der Waals surface area (Å²) in [5.41, 5.74) is 3.60. The molecule has 0 aliphatic heterocycles. The number of carbonyl (C=O) groups excluding carboxylic acids is 1. The van der Waals surface area contributed by atoms with Gasteiger partial charge in [0.15, 0.2) is 18.1 Å². The van der Waals surface area contributed by atoms with Crippen molar-refractivity contribution in [3.05, 3.63) is 53.9 Å². The van der Waals surface area contributed by atoms with Crippen LogP contribution in [0, 0.1) is 11.3 Å². The van der Waals surface area contributed by atoms with E-state index in [1.807, 2.05) is 6.07 Å². The first-order valence-corrected chi connectivity index (χ1v) is 6.66. The van der Waals surface area contributed by atoms with Gasteiger partial charge in [-0.25, -0.2) is 5.43 Å². The summed E-state index contributed by atoms with van der Waals surface area (Å²) in [6, 6.07) is 10.2. The summed E-state index contributed by atoms with van der Waals surface area (Å²) in [5.74, 6) is 0.612. The number of hydrogen-bond donors (Lipinski definition) is 1. The minimum atomic E-state index is -0.329. The molecule has 0 atom stereocenters. The highest BCUT2D eigenvalue weighted by Gasteiger charge is 2.05. The Labute approximate surface area is 133 Å². The molecule has 1 N–H and O–H groups in total. The number of nitrogens with one attached hydrogen (secondary N) is 1. The third-order valence-corrected chi connectivity index (χ3v) is 2.80. The van der Waals surface area contributed by atoms with Gasteiger partial charge in [0.1, 0.15) is 6.07 Å². The number of carbonyl (C=O) groups is 1. The van der Waals surface area contributed by atoms with Crippen LogP contribution in [0.2, 0.25) is 0 Å². The molecule has 7 nitrogen and oxygen atoms in total. The summed E-state index contributed by atoms with van der Waals surface area (Å²) in [6.45, 7) is -0.0637. The van der Waals surface area contributed by atoms with Crippen molar-refractivity contribution in [1.82, 2.24) is 10.4 Å². The van der Waals surface area contributed by atoms with Gasteiger partial charge in [-0.3, -0.25) is 9.78 Å². The highest BCUT2D eigenvalue weighted by Crippen LogP contribution is 2.27. The van der Waals surface area contributed by atoms with Crippen molar-refractivity contribution >= 4 is 12.1 Å². The second-order valence-electron chi connectivity index (χ2n) is 4.29. The number of benzene rings is 1. The van der Waals surface area contributed by atoms with Gasteiger partial charge in [-0.2, -0.15) is 10.4 Å². The van der Waals surface area contributed by atoms with Crippen molar-refractivity contribution in [3.63, 3.8) is 0 Å². The van der Waals surface area contributed by atoms with Crippen molar-refractivity contribution in [1.29, 1.82) is 5.26 Å². The van der Waals surface area contributed by atoms with E-state index >= 15 is 0 Å². The molecule has 2 rings (SSSR count). The second kappa shape index (κ2) is 8.14. The molecule has 0 saturated carbocycles. The minimum Gasteiger partial charge on any atom is -0.493 e. The van der Waals surface area contributed by atoms with Gasteiger partial charge in [-0.1, -0.05) is 0 Å². The van der Waals surface area contributed by atoms with Crippen LogP contribution in [0.5, 0.6) is 11.5 Å². The molecule has 1 aromatic heterocycles. The molecule has 0 aliphatic rings. The maximum absolute atomic E-state index is 11.8. The summed E-state index contributed by atoms with van der Waals surface area (Å²) < 4.78 is 10.4. The summed E-state index contributed by atoms with van der Waals surface area (Å²) in [7, 11) is 1.50. The Bertz CT molecular complexity index is 739. The molecule has 0 bridgehead atoms. The largest absolute Gasteiger partial charge is 0.493 e. The fourth-order valence-electron chi connectivity index (χ4n) is 1.73. The molecule has 0 spiro atoms. The Morgan fingerprint density at radius 2 is 2.13 bits per heavy atom. The third kappa shape index (κ3) is 4.54. The second-order valence-corrected chi connectivity index (χ2v) is 4.29. The molecule has 2 aromatic rings. The SMILES string of the molecule is COc1cc(C=NNC(=O)c2ccncc2)ccc1OCC#N. The number of nitrogens with zero attached hydrogens (tertiary/aromatic N) is 3. The zero-order valence-corrected chi connectivity index (χ0v) is 12.4. The number of methoxy groups -OCH3 is 1. The van der Waals surface area contributed by atoms with Crippen molar-refractivity contribution in [2.24, 2.45) is 5.10 Å². The van der Waals surface area contributed by atoms with Crippen LogP contribution >= 0.6 is 0 Å². The number of amides is 1. The molecule has 1 aromatic carbocycles. The van der Waals surface area contributed by atoms with Crippen LogP contribution in [0.1, 0.15) is 15.9 Å². The number of ether oxygens (including phenoxy) is 2. The molecule has 7 heteroatoms. The van der Waals surface area contributed by atoms with Gasteiger partial charge in [-0.05, 0) is 35.9 Å². The van der Waals surface area contributed by atoms with E-state index < -0.39 is 0 Å². The fourth-order valence-corrected chi connectivity index (χ4v) is 1.73. The molecular formula is C16H14N4O3. The standard InChI is InChI=1S/C16H14N4O3/c1-22-15-10-12(2-3-14(15)23-9-6-17)11-19-20-16(21)13-4-7-18-8-5-13/h2-5,7-8,10-11H,9H2,1H3,(H,20,21). The Morgan fingerprint density at radius 3 is 2.83 bits per heavy atom. The zero-order chi connectivity index (χ0) is 16.5. The number of rotatable bonds is 6. The van der Waals surface area contributed by atoms with Crippen LogP contribution in [0.25, 0.3) is 0 Å². The molecule has 116 valence electrons. The van der Waals surface area contributed by atoms with Crippen molar-refractivity contribution in [2.45, 2.75) is 0 Å². The van der Waals surface area contributed by atoms with Crippen molar-refractivity contribution in [3.8, 4) is 17.6 Å². The van der Waals surface area contributed by atoms with E-state index in [1.54, 1.807) is 30.3 Å². The van der Waals surface area contributed by atoms with Gasteiger partial charge >= 0.3 is 0 Å². The first-order valence-electron chi connectivity index (χ1n) is 6.66. The van der Waals surface area contributed by atoms with Gasteiger partial charge in [0, 0.05) is 18.0 Å². The smallest absolute Gasteiger partial charge is 0.271 e. The molecule has 0 unspecified atom stereocenters. The van der Waals surface area contributed by atoms with Gasteiger partial charge in [0.25, 0.3) is 5.91 Å². The van der Waals surface area contributed by atoms with E-state index in [-0.39, 0.29) is 12.5 Å². The van der Waals surface area contributed by atoms with E-state index in [4.69, 9.17) is 14.7 Å². The van der Waals surface area contributed by atoms with Crippen LogP contribution in [0.3, 0.4) is 0 Å². The lowest BCUT2D eigenvalue weighted by molar-refractivity contribution is 0.0955. The van der Waals surface area contributed by atoms with E-state index in [0.717, 1.165) is 0 Å². The fraction of sp³-hybridized carbons (Fsp3) is 0.125. The van der Waals surface area contributed by atoms with E-state index in [0.29, 0.717) is 22.6 Å². The maximum Gasteiger partial charge on any atom is 0.271 e. The van der Waals surface area contributed by atoms with Gasteiger partial charge in [0.05, 0.1) is 13.3 Å². The molecule has 0 saturated heterocycles. The molecular weight excluding hydrogens is 296 g/mol. The number of nitriles is 1. The number of hydrazone groups is 1. The monoisotopic (exact) mass is 310 g/mol.